The van der Waals surface area contributed by atoms with Crippen LogP contribution in [0.1, 0.15) is 5.56 Å². The fraction of sp³-hybridized carbons (Fsp3) is 0.0625. The normalized spacial score (nSPS) is 11.8. The highest BCUT2D eigenvalue weighted by Gasteiger charge is 2.30. The summed E-state index contributed by atoms with van der Waals surface area (Å²) in [6.45, 7) is 0. The minimum absolute atomic E-state index is 0.0102. The Labute approximate surface area is 127 Å². The molecule has 2 aromatic carbocycles. The number of hydrogen-bond acceptors (Lipinski definition) is 4. The van der Waals surface area contributed by atoms with Crippen LogP contribution in [0.4, 0.5) is 13.2 Å². The third kappa shape index (κ3) is 2.73. The standard InChI is InChI=1S/C16H9F3O4/c17-16(18,19)10-3-1-2-8(4-10)14-6-9-5-12(20)13(21)7-11(9)15(22)23-14/h1-7,20-21H. The Hall–Kier alpha value is -2.96. The lowest BCUT2D eigenvalue weighted by molar-refractivity contribution is -0.137. The van der Waals surface area contributed by atoms with Gasteiger partial charge in [0.05, 0.1) is 10.9 Å². The molecule has 0 aliphatic rings. The number of hydrogen-bond donors (Lipinski definition) is 2. The maximum Gasteiger partial charge on any atom is 0.416 e. The molecule has 0 unspecified atom stereocenters. The van der Waals surface area contributed by atoms with Gasteiger partial charge in [-0.05, 0) is 35.7 Å². The maximum absolute atomic E-state index is 12.8. The molecule has 4 nitrogen and oxygen atoms in total. The first kappa shape index (κ1) is 15.0. The molecule has 0 bridgehead atoms. The van der Waals surface area contributed by atoms with Crippen LogP contribution in [0.25, 0.3) is 22.1 Å². The fourth-order valence-corrected chi connectivity index (χ4v) is 2.21. The van der Waals surface area contributed by atoms with E-state index in [-0.39, 0.29) is 22.1 Å². The highest BCUT2D eigenvalue weighted by molar-refractivity contribution is 5.87. The molecule has 1 heterocycles. The predicted octanol–water partition coefficient (Wildman–Crippen LogP) is 3.89. The van der Waals surface area contributed by atoms with E-state index in [0.717, 1.165) is 24.3 Å². The van der Waals surface area contributed by atoms with Crippen LogP contribution in [0, 0.1) is 0 Å². The highest BCUT2D eigenvalue weighted by Crippen LogP contribution is 2.34. The van der Waals surface area contributed by atoms with Crippen molar-refractivity contribution in [1.29, 1.82) is 0 Å². The molecule has 0 aliphatic carbocycles. The Balaban J connectivity index is 2.22. The summed E-state index contributed by atoms with van der Waals surface area (Å²) >= 11 is 0. The lowest BCUT2D eigenvalue weighted by atomic mass is 10.1. The van der Waals surface area contributed by atoms with Crippen LogP contribution in [0.5, 0.6) is 11.5 Å². The summed E-state index contributed by atoms with van der Waals surface area (Å²) in [5.74, 6) is -1.01. The van der Waals surface area contributed by atoms with Crippen LogP contribution in [0.15, 0.2) is 51.7 Å². The van der Waals surface area contributed by atoms with Gasteiger partial charge in [-0.15, -0.1) is 0 Å². The third-order valence-electron chi connectivity index (χ3n) is 3.33. The first-order valence-electron chi connectivity index (χ1n) is 6.43. The zero-order valence-electron chi connectivity index (χ0n) is 11.4. The molecule has 0 spiro atoms. The first-order valence-corrected chi connectivity index (χ1v) is 6.43. The Morgan fingerprint density at radius 2 is 1.65 bits per heavy atom. The van der Waals surface area contributed by atoms with Crippen molar-refractivity contribution in [3.8, 4) is 22.8 Å². The summed E-state index contributed by atoms with van der Waals surface area (Å²) in [5.41, 5.74) is -1.62. The number of halogens is 3. The van der Waals surface area contributed by atoms with Crippen molar-refractivity contribution < 1.29 is 27.8 Å². The number of aromatic hydroxyl groups is 2. The van der Waals surface area contributed by atoms with Gasteiger partial charge in [-0.2, -0.15) is 13.2 Å². The molecule has 23 heavy (non-hydrogen) atoms. The number of rotatable bonds is 1. The summed E-state index contributed by atoms with van der Waals surface area (Å²) in [6, 6.07) is 7.85. The predicted molar refractivity (Wildman–Crippen MR) is 76.3 cm³/mol. The lowest BCUT2D eigenvalue weighted by Crippen LogP contribution is -2.05. The van der Waals surface area contributed by atoms with Crippen LogP contribution >= 0.6 is 0 Å². The molecule has 2 N–H and O–H groups in total. The van der Waals surface area contributed by atoms with Crippen LogP contribution in [-0.4, -0.2) is 10.2 Å². The van der Waals surface area contributed by atoms with Crippen LogP contribution in [0.3, 0.4) is 0 Å². The maximum atomic E-state index is 12.8. The fourth-order valence-electron chi connectivity index (χ4n) is 2.21. The molecule has 0 saturated carbocycles. The van der Waals surface area contributed by atoms with Gasteiger partial charge in [0.15, 0.2) is 11.5 Å². The van der Waals surface area contributed by atoms with Crippen molar-refractivity contribution >= 4 is 10.8 Å². The van der Waals surface area contributed by atoms with Crippen molar-refractivity contribution in [2.24, 2.45) is 0 Å². The van der Waals surface area contributed by atoms with E-state index < -0.39 is 28.9 Å². The quantitative estimate of drug-likeness (QED) is 0.667. The largest absolute Gasteiger partial charge is 0.504 e. The van der Waals surface area contributed by atoms with Gasteiger partial charge in [0.2, 0.25) is 0 Å². The summed E-state index contributed by atoms with van der Waals surface area (Å²) in [5, 5.41) is 19.1. The van der Waals surface area contributed by atoms with E-state index in [9.17, 15) is 28.2 Å². The average molecular weight is 322 g/mol. The molecule has 0 amide bonds. The van der Waals surface area contributed by atoms with Gasteiger partial charge >= 0.3 is 11.8 Å². The molecular weight excluding hydrogens is 313 g/mol. The molecular formula is C16H9F3O4. The molecule has 3 aromatic rings. The van der Waals surface area contributed by atoms with Gasteiger partial charge < -0.3 is 14.6 Å². The van der Waals surface area contributed by atoms with E-state index in [1.807, 2.05) is 0 Å². The molecule has 7 heteroatoms. The van der Waals surface area contributed by atoms with Crippen molar-refractivity contribution in [3.63, 3.8) is 0 Å². The van der Waals surface area contributed by atoms with E-state index in [2.05, 4.69) is 0 Å². The smallest absolute Gasteiger partial charge is 0.416 e. The molecule has 0 atom stereocenters. The van der Waals surface area contributed by atoms with Crippen LogP contribution in [-0.2, 0) is 6.18 Å². The summed E-state index contributed by atoms with van der Waals surface area (Å²) < 4.78 is 43.3. The van der Waals surface area contributed by atoms with E-state index in [1.165, 1.54) is 18.2 Å². The molecule has 118 valence electrons. The minimum Gasteiger partial charge on any atom is -0.504 e. The Kier molecular flexibility index (Phi) is 3.28. The van der Waals surface area contributed by atoms with Gasteiger partial charge in [0.1, 0.15) is 5.76 Å². The SMILES string of the molecule is O=c1oc(-c2cccc(C(F)(F)F)c2)cc2cc(O)c(O)cc12. The van der Waals surface area contributed by atoms with Crippen molar-refractivity contribution in [2.75, 3.05) is 0 Å². The second-order valence-electron chi connectivity index (χ2n) is 4.90. The van der Waals surface area contributed by atoms with E-state index in [1.54, 1.807) is 0 Å². The third-order valence-corrected chi connectivity index (χ3v) is 3.33. The van der Waals surface area contributed by atoms with Crippen LogP contribution in [0.2, 0.25) is 0 Å². The summed E-state index contributed by atoms with van der Waals surface area (Å²) in [7, 11) is 0. The number of phenolic OH excluding ortho intramolecular Hbond substituents is 2. The number of alkyl halides is 3. The zero-order chi connectivity index (χ0) is 16.8. The van der Waals surface area contributed by atoms with Crippen molar-refractivity contribution in [2.45, 2.75) is 6.18 Å². The second-order valence-corrected chi connectivity index (χ2v) is 4.90. The summed E-state index contributed by atoms with van der Waals surface area (Å²) in [6.07, 6.45) is -4.52. The van der Waals surface area contributed by atoms with Gasteiger partial charge in [0.25, 0.3) is 0 Å². The van der Waals surface area contributed by atoms with Gasteiger partial charge in [-0.1, -0.05) is 12.1 Å². The zero-order valence-corrected chi connectivity index (χ0v) is 11.4. The Morgan fingerprint density at radius 1 is 0.957 bits per heavy atom. The second kappa shape index (κ2) is 5.05. The van der Waals surface area contributed by atoms with Gasteiger partial charge in [0, 0.05) is 5.56 Å². The highest BCUT2D eigenvalue weighted by atomic mass is 19.4. The number of fused-ring (bicyclic) bond motifs is 1. The van der Waals surface area contributed by atoms with Crippen LogP contribution < -0.4 is 5.63 Å². The summed E-state index contributed by atoms with van der Waals surface area (Å²) in [4.78, 5) is 11.9. The van der Waals surface area contributed by atoms with Gasteiger partial charge in [-0.3, -0.25) is 0 Å². The topological polar surface area (TPSA) is 70.7 Å². The number of benzene rings is 2. The molecule has 0 aliphatic heterocycles. The number of phenols is 2. The molecule has 0 radical (unpaired) electrons. The Morgan fingerprint density at radius 3 is 2.35 bits per heavy atom. The monoisotopic (exact) mass is 322 g/mol. The van der Waals surface area contributed by atoms with Crippen molar-refractivity contribution in [1.82, 2.24) is 0 Å². The minimum atomic E-state index is -4.52. The van der Waals surface area contributed by atoms with Gasteiger partial charge in [-0.25, -0.2) is 4.79 Å². The Bertz CT molecular complexity index is 958. The first-order chi connectivity index (χ1) is 10.8. The molecule has 0 fully saturated rings. The molecule has 3 rings (SSSR count). The molecule has 0 saturated heterocycles. The van der Waals surface area contributed by atoms with E-state index >= 15 is 0 Å². The molecule has 1 aromatic heterocycles. The van der Waals surface area contributed by atoms with E-state index in [0.29, 0.717) is 0 Å². The lowest BCUT2D eigenvalue weighted by Gasteiger charge is -2.09. The van der Waals surface area contributed by atoms with E-state index in [4.69, 9.17) is 4.42 Å². The van der Waals surface area contributed by atoms with Crippen molar-refractivity contribution in [3.05, 3.63) is 58.4 Å². The average Bonchev–Trinajstić information content (AvgIpc) is 2.48.